The van der Waals surface area contributed by atoms with Crippen molar-refractivity contribution in [2.75, 3.05) is 0 Å². The minimum Gasteiger partial charge on any atom is -0.294 e. The Hall–Kier alpha value is -2.47. The number of nitrogens with zero attached hydrogens (tertiary/aromatic N) is 1. The zero-order chi connectivity index (χ0) is 13.4. The molecule has 0 aromatic heterocycles. The summed E-state index contributed by atoms with van der Waals surface area (Å²) in [7, 11) is 0. The Balaban J connectivity index is 2.22. The summed E-state index contributed by atoms with van der Waals surface area (Å²) in [6.07, 6.45) is 1.19. The van der Waals surface area contributed by atoms with Crippen LogP contribution in [0.1, 0.15) is 27.9 Å². The van der Waals surface area contributed by atoms with Crippen molar-refractivity contribution in [2.24, 2.45) is 0 Å². The molecule has 2 aromatic rings. The van der Waals surface area contributed by atoms with Crippen molar-refractivity contribution in [3.05, 3.63) is 58.9 Å². The average molecular weight is 251 g/mol. The van der Waals surface area contributed by atoms with Crippen molar-refractivity contribution >= 4 is 5.78 Å². The van der Waals surface area contributed by atoms with Crippen LogP contribution in [0.25, 0.3) is 11.1 Å². The molecule has 1 aliphatic rings. The van der Waals surface area contributed by atoms with Crippen LogP contribution in [-0.2, 0) is 6.42 Å². The number of carbonyl (C=O) groups is 1. The molecule has 0 bridgehead atoms. The van der Waals surface area contributed by atoms with Gasteiger partial charge in [0.1, 0.15) is 5.82 Å². The fourth-order valence-corrected chi connectivity index (χ4v) is 2.57. The summed E-state index contributed by atoms with van der Waals surface area (Å²) in [5.41, 5.74) is 3.47. The number of hydrogen-bond acceptors (Lipinski definition) is 2. The minimum atomic E-state index is -0.434. The van der Waals surface area contributed by atoms with Crippen LogP contribution in [0.4, 0.5) is 4.39 Å². The van der Waals surface area contributed by atoms with E-state index in [4.69, 9.17) is 5.26 Å². The predicted octanol–water partition coefficient (Wildman–Crippen LogP) is 3.49. The van der Waals surface area contributed by atoms with Crippen LogP contribution in [0, 0.1) is 17.1 Å². The van der Waals surface area contributed by atoms with Crippen LogP contribution in [0.2, 0.25) is 0 Å². The highest BCUT2D eigenvalue weighted by atomic mass is 19.1. The molecule has 1 aliphatic carbocycles. The summed E-state index contributed by atoms with van der Waals surface area (Å²) in [5.74, 6) is -0.301. The van der Waals surface area contributed by atoms with E-state index >= 15 is 0 Å². The van der Waals surface area contributed by atoms with Gasteiger partial charge < -0.3 is 0 Å². The first-order valence-electron chi connectivity index (χ1n) is 6.05. The maximum atomic E-state index is 13.5. The fourth-order valence-electron chi connectivity index (χ4n) is 2.57. The van der Waals surface area contributed by atoms with E-state index < -0.39 is 5.82 Å². The summed E-state index contributed by atoms with van der Waals surface area (Å²) in [4.78, 5) is 11.7. The third-order valence-corrected chi connectivity index (χ3v) is 3.42. The van der Waals surface area contributed by atoms with Crippen LogP contribution >= 0.6 is 0 Å². The second-order valence-corrected chi connectivity index (χ2v) is 4.60. The van der Waals surface area contributed by atoms with E-state index in [1.165, 1.54) is 12.1 Å². The van der Waals surface area contributed by atoms with Gasteiger partial charge in [0, 0.05) is 12.0 Å². The molecule has 0 unspecified atom stereocenters. The molecule has 3 heteroatoms. The first-order valence-corrected chi connectivity index (χ1v) is 6.05. The topological polar surface area (TPSA) is 40.9 Å². The Bertz CT molecular complexity index is 728. The quantitative estimate of drug-likeness (QED) is 0.778. The molecule has 2 nitrogen and oxygen atoms in total. The van der Waals surface area contributed by atoms with Crippen molar-refractivity contribution in [3.8, 4) is 17.2 Å². The number of hydrogen-bond donors (Lipinski definition) is 0. The molecule has 0 saturated heterocycles. The lowest BCUT2D eigenvalue weighted by Gasteiger charge is -2.08. The SMILES string of the molecule is N#Cc1cc(F)cc(-c2cccc3c2CCC3=O)c1. The highest BCUT2D eigenvalue weighted by Gasteiger charge is 2.22. The molecule has 0 radical (unpaired) electrons. The molecule has 0 heterocycles. The molecule has 0 N–H and O–H groups in total. The van der Waals surface area contributed by atoms with Gasteiger partial charge in [-0.15, -0.1) is 0 Å². The third kappa shape index (κ3) is 1.92. The van der Waals surface area contributed by atoms with Gasteiger partial charge in [0.05, 0.1) is 11.6 Å². The Morgan fingerprint density at radius 3 is 2.68 bits per heavy atom. The summed E-state index contributed by atoms with van der Waals surface area (Å²) in [5, 5.41) is 8.90. The Morgan fingerprint density at radius 1 is 1.11 bits per heavy atom. The van der Waals surface area contributed by atoms with Crippen LogP contribution in [0.3, 0.4) is 0 Å². The number of ketones is 1. The summed E-state index contributed by atoms with van der Waals surface area (Å²) >= 11 is 0. The number of benzene rings is 2. The number of Topliss-reactive ketones (excluding diaryl/α,β-unsaturated/α-hetero) is 1. The van der Waals surface area contributed by atoms with Crippen molar-refractivity contribution in [1.29, 1.82) is 5.26 Å². The maximum Gasteiger partial charge on any atom is 0.163 e. The first kappa shape index (κ1) is 11.6. The monoisotopic (exact) mass is 251 g/mol. The lowest BCUT2D eigenvalue weighted by atomic mass is 9.95. The molecule has 0 atom stereocenters. The molecule has 0 fully saturated rings. The second-order valence-electron chi connectivity index (χ2n) is 4.60. The number of carbonyl (C=O) groups excluding carboxylic acids is 1. The minimum absolute atomic E-state index is 0.133. The molecule has 0 saturated carbocycles. The highest BCUT2D eigenvalue weighted by Crippen LogP contribution is 2.33. The molecular formula is C16H10FNO. The largest absolute Gasteiger partial charge is 0.294 e. The number of rotatable bonds is 1. The van der Waals surface area contributed by atoms with Crippen molar-refractivity contribution in [2.45, 2.75) is 12.8 Å². The standard InChI is InChI=1S/C16H10FNO/c17-12-7-10(9-18)6-11(8-12)13-2-1-3-15-14(13)4-5-16(15)19/h1-3,6-8H,4-5H2. The number of nitriles is 1. The first-order chi connectivity index (χ1) is 9.19. The normalized spacial score (nSPS) is 13.2. The van der Waals surface area contributed by atoms with Gasteiger partial charge in [0.25, 0.3) is 0 Å². The van der Waals surface area contributed by atoms with Crippen LogP contribution in [0.15, 0.2) is 36.4 Å². The Kier molecular flexibility index (Phi) is 2.64. The zero-order valence-electron chi connectivity index (χ0n) is 10.1. The van der Waals surface area contributed by atoms with Gasteiger partial charge in [-0.3, -0.25) is 4.79 Å². The van der Waals surface area contributed by atoms with E-state index in [0.717, 1.165) is 16.7 Å². The average Bonchev–Trinajstić information content (AvgIpc) is 2.80. The number of fused-ring (bicyclic) bond motifs is 1. The van der Waals surface area contributed by atoms with Gasteiger partial charge in [-0.25, -0.2) is 4.39 Å². The molecular weight excluding hydrogens is 241 g/mol. The molecule has 0 amide bonds. The fraction of sp³-hybridized carbons (Fsp3) is 0.125. The summed E-state index contributed by atoms with van der Waals surface area (Å²) in [6.45, 7) is 0. The molecule has 92 valence electrons. The van der Waals surface area contributed by atoms with E-state index in [1.54, 1.807) is 18.2 Å². The lowest BCUT2D eigenvalue weighted by Crippen LogP contribution is -1.93. The van der Waals surface area contributed by atoms with Gasteiger partial charge in [0.15, 0.2) is 5.78 Å². The van der Waals surface area contributed by atoms with E-state index in [-0.39, 0.29) is 11.3 Å². The Morgan fingerprint density at radius 2 is 1.89 bits per heavy atom. The van der Waals surface area contributed by atoms with Gasteiger partial charge in [0.2, 0.25) is 0 Å². The molecule has 0 spiro atoms. The van der Waals surface area contributed by atoms with E-state index in [2.05, 4.69) is 0 Å². The van der Waals surface area contributed by atoms with Gasteiger partial charge in [-0.2, -0.15) is 5.26 Å². The zero-order valence-corrected chi connectivity index (χ0v) is 10.1. The van der Waals surface area contributed by atoms with Crippen molar-refractivity contribution < 1.29 is 9.18 Å². The number of halogens is 1. The molecule has 3 rings (SSSR count). The van der Waals surface area contributed by atoms with Gasteiger partial charge >= 0.3 is 0 Å². The smallest absolute Gasteiger partial charge is 0.163 e. The Labute approximate surface area is 110 Å². The van der Waals surface area contributed by atoms with Crippen molar-refractivity contribution in [3.63, 3.8) is 0 Å². The summed E-state index contributed by atoms with van der Waals surface area (Å²) < 4.78 is 13.5. The van der Waals surface area contributed by atoms with Gasteiger partial charge in [-0.05, 0) is 41.3 Å². The molecule has 2 aromatic carbocycles. The van der Waals surface area contributed by atoms with Crippen LogP contribution in [0.5, 0.6) is 0 Å². The van der Waals surface area contributed by atoms with Gasteiger partial charge in [-0.1, -0.05) is 18.2 Å². The van der Waals surface area contributed by atoms with E-state index in [1.807, 2.05) is 12.1 Å². The maximum absolute atomic E-state index is 13.5. The molecule has 19 heavy (non-hydrogen) atoms. The summed E-state index contributed by atoms with van der Waals surface area (Å²) in [6, 6.07) is 11.7. The second kappa shape index (κ2) is 4.33. The van der Waals surface area contributed by atoms with Crippen LogP contribution < -0.4 is 0 Å². The lowest BCUT2D eigenvalue weighted by molar-refractivity contribution is 0.0994. The van der Waals surface area contributed by atoms with Crippen LogP contribution in [-0.4, -0.2) is 5.78 Å². The predicted molar refractivity (Wildman–Crippen MR) is 69.2 cm³/mol. The highest BCUT2D eigenvalue weighted by molar-refractivity contribution is 6.02. The van der Waals surface area contributed by atoms with Crippen molar-refractivity contribution in [1.82, 2.24) is 0 Å². The third-order valence-electron chi connectivity index (χ3n) is 3.42. The van der Waals surface area contributed by atoms with E-state index in [0.29, 0.717) is 18.4 Å². The molecule has 0 aliphatic heterocycles. The van der Waals surface area contributed by atoms with E-state index in [9.17, 15) is 9.18 Å².